The fourth-order valence-corrected chi connectivity index (χ4v) is 2.28. The highest BCUT2D eigenvalue weighted by atomic mass is 16.4. The van der Waals surface area contributed by atoms with Gasteiger partial charge in [0.1, 0.15) is 11.6 Å². The molecule has 2 aliphatic rings. The smallest absolute Gasteiger partial charge is 0.354 e. The molecule has 1 N–H and O–H groups in total. The van der Waals surface area contributed by atoms with E-state index in [4.69, 9.17) is 5.11 Å². The second-order valence-corrected chi connectivity index (χ2v) is 5.34. The number of hydrogen-bond acceptors (Lipinski definition) is 5. The van der Waals surface area contributed by atoms with Gasteiger partial charge in [-0.2, -0.15) is 0 Å². The molecule has 1 aliphatic heterocycles. The number of nitrogens with zero attached hydrogens (tertiary/aromatic N) is 4. The maximum atomic E-state index is 11.2. The molecule has 1 aromatic rings. The number of hydrogen-bond donors (Lipinski definition) is 1. The van der Waals surface area contributed by atoms with E-state index < -0.39 is 5.97 Å². The van der Waals surface area contributed by atoms with Gasteiger partial charge in [-0.05, 0) is 19.9 Å². The Morgan fingerprint density at radius 3 is 2.53 bits per heavy atom. The molecule has 1 aliphatic carbocycles. The number of anilines is 1. The van der Waals surface area contributed by atoms with Gasteiger partial charge in [-0.15, -0.1) is 0 Å². The number of aromatic carboxylic acids is 1. The quantitative estimate of drug-likeness (QED) is 0.869. The lowest BCUT2D eigenvalue weighted by Crippen LogP contribution is -2.45. The highest BCUT2D eigenvalue weighted by Gasteiger charge is 2.29. The van der Waals surface area contributed by atoms with Crippen LogP contribution in [0.5, 0.6) is 0 Å². The summed E-state index contributed by atoms with van der Waals surface area (Å²) in [6, 6.07) is 1.60. The molecule has 6 nitrogen and oxygen atoms in total. The van der Waals surface area contributed by atoms with Crippen molar-refractivity contribution in [3.63, 3.8) is 0 Å². The van der Waals surface area contributed by atoms with Gasteiger partial charge in [-0.1, -0.05) is 0 Å². The fourth-order valence-electron chi connectivity index (χ4n) is 2.28. The SMILES string of the molecule is CN1CCN(c2cc(C(=O)O)nc(C3CC3)n2)CC1. The van der Waals surface area contributed by atoms with Crippen molar-refractivity contribution in [1.29, 1.82) is 0 Å². The van der Waals surface area contributed by atoms with Gasteiger partial charge in [-0.25, -0.2) is 14.8 Å². The van der Waals surface area contributed by atoms with E-state index >= 15 is 0 Å². The minimum absolute atomic E-state index is 0.117. The number of aromatic nitrogens is 2. The molecule has 0 bridgehead atoms. The average Bonchev–Trinajstić information content (AvgIpc) is 3.23. The van der Waals surface area contributed by atoms with Gasteiger partial charge in [-0.3, -0.25) is 0 Å². The molecular formula is C13H18N4O2. The third-order valence-electron chi connectivity index (χ3n) is 3.72. The van der Waals surface area contributed by atoms with Crippen molar-refractivity contribution in [3.8, 4) is 0 Å². The van der Waals surface area contributed by atoms with Gasteiger partial charge >= 0.3 is 5.97 Å². The third-order valence-corrected chi connectivity index (χ3v) is 3.72. The largest absolute Gasteiger partial charge is 0.477 e. The molecule has 0 atom stereocenters. The van der Waals surface area contributed by atoms with Gasteiger partial charge in [0.25, 0.3) is 0 Å². The Hall–Kier alpha value is -1.69. The highest BCUT2D eigenvalue weighted by Crippen LogP contribution is 2.38. The minimum Gasteiger partial charge on any atom is -0.477 e. The van der Waals surface area contributed by atoms with Crippen molar-refractivity contribution >= 4 is 11.8 Å². The summed E-state index contributed by atoms with van der Waals surface area (Å²) >= 11 is 0. The number of carboxylic acid groups (broad SMARTS) is 1. The summed E-state index contributed by atoms with van der Waals surface area (Å²) in [4.78, 5) is 24.3. The summed E-state index contributed by atoms with van der Waals surface area (Å²) in [5.41, 5.74) is 0.117. The standard InChI is InChI=1S/C13H18N4O2/c1-16-4-6-17(7-5-16)11-8-10(13(18)19)14-12(15-11)9-2-3-9/h8-9H,2-7H2,1H3,(H,18,19). The second-order valence-electron chi connectivity index (χ2n) is 5.34. The van der Waals surface area contributed by atoms with Crippen LogP contribution in [0, 0.1) is 0 Å². The summed E-state index contributed by atoms with van der Waals surface area (Å²) in [5, 5.41) is 9.16. The van der Waals surface area contributed by atoms with Crippen LogP contribution in [0.4, 0.5) is 5.82 Å². The van der Waals surface area contributed by atoms with Crippen LogP contribution >= 0.6 is 0 Å². The Morgan fingerprint density at radius 2 is 1.95 bits per heavy atom. The molecule has 0 radical (unpaired) electrons. The summed E-state index contributed by atoms with van der Waals surface area (Å²) in [6.45, 7) is 3.73. The molecule has 0 aromatic carbocycles. The maximum Gasteiger partial charge on any atom is 0.354 e. The molecule has 102 valence electrons. The van der Waals surface area contributed by atoms with E-state index in [1.807, 2.05) is 0 Å². The minimum atomic E-state index is -0.973. The lowest BCUT2D eigenvalue weighted by atomic mass is 10.3. The summed E-state index contributed by atoms with van der Waals surface area (Å²) < 4.78 is 0. The zero-order valence-electron chi connectivity index (χ0n) is 11.0. The Labute approximate surface area is 112 Å². The second kappa shape index (κ2) is 4.77. The lowest BCUT2D eigenvalue weighted by Gasteiger charge is -2.33. The Bertz CT molecular complexity index is 493. The molecule has 0 amide bonds. The van der Waals surface area contributed by atoms with Gasteiger partial charge in [0.15, 0.2) is 5.69 Å². The predicted octanol–water partition coefficient (Wildman–Crippen LogP) is 0.804. The zero-order chi connectivity index (χ0) is 13.4. The predicted molar refractivity (Wildman–Crippen MR) is 70.7 cm³/mol. The van der Waals surface area contributed by atoms with Gasteiger partial charge in [0.2, 0.25) is 0 Å². The van der Waals surface area contributed by atoms with E-state index in [0.717, 1.165) is 44.8 Å². The van der Waals surface area contributed by atoms with E-state index in [0.29, 0.717) is 11.7 Å². The van der Waals surface area contributed by atoms with Crippen LogP contribution in [0.3, 0.4) is 0 Å². The van der Waals surface area contributed by atoms with Crippen LogP contribution in [-0.4, -0.2) is 59.2 Å². The molecule has 1 aromatic heterocycles. The first-order valence-corrected chi connectivity index (χ1v) is 6.69. The summed E-state index contributed by atoms with van der Waals surface area (Å²) in [6.07, 6.45) is 2.15. The number of carbonyl (C=O) groups is 1. The van der Waals surface area contributed by atoms with E-state index in [1.54, 1.807) is 6.07 Å². The zero-order valence-corrected chi connectivity index (χ0v) is 11.0. The maximum absolute atomic E-state index is 11.2. The first-order valence-electron chi connectivity index (χ1n) is 6.69. The molecular weight excluding hydrogens is 244 g/mol. The average molecular weight is 262 g/mol. The topological polar surface area (TPSA) is 69.6 Å². The van der Waals surface area contributed by atoms with Crippen molar-refractivity contribution in [2.45, 2.75) is 18.8 Å². The number of carboxylic acids is 1. The monoisotopic (exact) mass is 262 g/mol. The van der Waals surface area contributed by atoms with Crippen molar-refractivity contribution in [1.82, 2.24) is 14.9 Å². The molecule has 2 fully saturated rings. The van der Waals surface area contributed by atoms with Crippen LogP contribution < -0.4 is 4.90 Å². The summed E-state index contributed by atoms with van der Waals surface area (Å²) in [7, 11) is 2.09. The van der Waals surface area contributed by atoms with E-state index in [9.17, 15) is 4.79 Å². The van der Waals surface area contributed by atoms with Crippen LogP contribution in [-0.2, 0) is 0 Å². The Balaban J connectivity index is 1.89. The van der Waals surface area contributed by atoms with Crippen LogP contribution in [0.15, 0.2) is 6.07 Å². The highest BCUT2D eigenvalue weighted by molar-refractivity contribution is 5.86. The fraction of sp³-hybridized carbons (Fsp3) is 0.615. The van der Waals surface area contributed by atoms with E-state index in [-0.39, 0.29) is 5.69 Å². The van der Waals surface area contributed by atoms with Crippen molar-refractivity contribution in [2.24, 2.45) is 0 Å². The van der Waals surface area contributed by atoms with E-state index in [1.165, 1.54) is 0 Å². The van der Waals surface area contributed by atoms with Crippen molar-refractivity contribution in [3.05, 3.63) is 17.6 Å². The summed E-state index contributed by atoms with van der Waals surface area (Å²) in [5.74, 6) is 0.862. The molecule has 3 rings (SSSR count). The molecule has 2 heterocycles. The Morgan fingerprint density at radius 1 is 1.26 bits per heavy atom. The molecule has 19 heavy (non-hydrogen) atoms. The van der Waals surface area contributed by atoms with Gasteiger partial charge < -0.3 is 14.9 Å². The van der Waals surface area contributed by atoms with Crippen molar-refractivity contribution < 1.29 is 9.90 Å². The molecule has 6 heteroatoms. The van der Waals surface area contributed by atoms with Gasteiger partial charge in [0, 0.05) is 38.2 Å². The van der Waals surface area contributed by atoms with Crippen LogP contribution in [0.25, 0.3) is 0 Å². The molecule has 1 saturated heterocycles. The van der Waals surface area contributed by atoms with Gasteiger partial charge in [0.05, 0.1) is 0 Å². The van der Waals surface area contributed by atoms with Crippen LogP contribution in [0.1, 0.15) is 35.1 Å². The molecule has 0 spiro atoms. The van der Waals surface area contributed by atoms with E-state index in [2.05, 4.69) is 26.8 Å². The molecule has 0 unspecified atom stereocenters. The number of likely N-dealkylation sites (N-methyl/N-ethyl adjacent to an activating group) is 1. The normalized spacial score (nSPS) is 20.6. The first kappa shape index (κ1) is 12.3. The lowest BCUT2D eigenvalue weighted by molar-refractivity contribution is 0.0690. The first-order chi connectivity index (χ1) is 9.13. The van der Waals surface area contributed by atoms with Crippen LogP contribution in [0.2, 0.25) is 0 Å². The Kier molecular flexibility index (Phi) is 3.10. The number of piperazine rings is 1. The molecule has 1 saturated carbocycles. The third kappa shape index (κ3) is 2.68. The van der Waals surface area contributed by atoms with Crippen molar-refractivity contribution in [2.75, 3.05) is 38.1 Å². The number of rotatable bonds is 3.